The lowest BCUT2D eigenvalue weighted by Crippen LogP contribution is -1.94. The quantitative estimate of drug-likeness (QED) is 0.382. The third-order valence-electron chi connectivity index (χ3n) is 4.45. The van der Waals surface area contributed by atoms with Gasteiger partial charge in [-0.15, -0.1) is 11.3 Å². The Hall–Kier alpha value is -2.82. The van der Waals surface area contributed by atoms with E-state index in [0.717, 1.165) is 34.1 Å². The number of ether oxygens (including phenoxy) is 1. The minimum absolute atomic E-state index is 0.716. The molecule has 0 spiro atoms. The van der Waals surface area contributed by atoms with Gasteiger partial charge in [-0.3, -0.25) is 0 Å². The van der Waals surface area contributed by atoms with E-state index in [1.807, 2.05) is 35.7 Å². The summed E-state index contributed by atoms with van der Waals surface area (Å²) in [5.74, 6) is 0.842. The largest absolute Gasteiger partial charge is 0.496 e. The van der Waals surface area contributed by atoms with Crippen molar-refractivity contribution < 1.29 is 4.74 Å². The van der Waals surface area contributed by atoms with Gasteiger partial charge in [0.2, 0.25) is 0 Å². The lowest BCUT2D eigenvalue weighted by molar-refractivity contribution is 0.416. The molecule has 0 aliphatic rings. The molecular weight excluding hydrogens is 388 g/mol. The highest BCUT2D eigenvalue weighted by atomic mass is 35.5. The van der Waals surface area contributed by atoms with E-state index >= 15 is 0 Å². The average molecular weight is 407 g/mol. The summed E-state index contributed by atoms with van der Waals surface area (Å²) in [5, 5.41) is 6.87. The molecule has 1 N–H and O–H groups in total. The van der Waals surface area contributed by atoms with Gasteiger partial charge in [0.25, 0.3) is 0 Å². The number of hydrogen-bond donors (Lipinski definition) is 1. The van der Waals surface area contributed by atoms with Gasteiger partial charge in [-0.2, -0.15) is 0 Å². The molecule has 0 aliphatic heterocycles. The molecule has 0 aliphatic carbocycles. The first kappa shape index (κ1) is 18.5. The molecule has 4 aromatic rings. The Morgan fingerprint density at radius 3 is 2.54 bits per heavy atom. The van der Waals surface area contributed by atoms with E-state index in [9.17, 15) is 0 Å². The molecule has 5 heteroatoms. The number of thiazole rings is 1. The summed E-state index contributed by atoms with van der Waals surface area (Å²) in [5.41, 5.74) is 5.59. The van der Waals surface area contributed by atoms with Crippen molar-refractivity contribution in [2.45, 2.75) is 6.42 Å². The maximum absolute atomic E-state index is 6.17. The van der Waals surface area contributed by atoms with E-state index in [4.69, 9.17) is 16.3 Å². The zero-order chi connectivity index (χ0) is 19.3. The van der Waals surface area contributed by atoms with E-state index in [-0.39, 0.29) is 0 Å². The second kappa shape index (κ2) is 8.46. The lowest BCUT2D eigenvalue weighted by atomic mass is 9.98. The van der Waals surface area contributed by atoms with Crippen molar-refractivity contribution in [2.75, 3.05) is 12.4 Å². The molecule has 0 atom stereocenters. The summed E-state index contributed by atoms with van der Waals surface area (Å²) in [4.78, 5) is 4.25. The van der Waals surface area contributed by atoms with Crippen LogP contribution in [-0.4, -0.2) is 12.1 Å². The standard InChI is InChI=1S/C23H19ClN2OS/c1-27-22-10-7-17(14-21(22)18-3-2-4-19(24)15-18)13-16-5-8-20(9-6-16)26-23-25-11-12-28-23/h2-12,14-15H,13H2,1H3,(H,25,26). The van der Waals surface area contributed by atoms with Crippen molar-refractivity contribution in [2.24, 2.45) is 0 Å². The van der Waals surface area contributed by atoms with Crippen LogP contribution < -0.4 is 10.1 Å². The van der Waals surface area contributed by atoms with Crippen LogP contribution in [0.2, 0.25) is 5.02 Å². The van der Waals surface area contributed by atoms with Crippen LogP contribution in [0.5, 0.6) is 5.75 Å². The number of aromatic nitrogens is 1. The second-order valence-electron chi connectivity index (χ2n) is 6.38. The van der Waals surface area contributed by atoms with E-state index in [1.165, 1.54) is 11.1 Å². The molecule has 28 heavy (non-hydrogen) atoms. The number of hydrogen-bond acceptors (Lipinski definition) is 4. The van der Waals surface area contributed by atoms with Crippen molar-refractivity contribution in [3.63, 3.8) is 0 Å². The zero-order valence-electron chi connectivity index (χ0n) is 15.4. The van der Waals surface area contributed by atoms with Crippen molar-refractivity contribution >= 4 is 33.8 Å². The summed E-state index contributed by atoms with van der Waals surface area (Å²) in [7, 11) is 1.69. The molecule has 1 aromatic heterocycles. The van der Waals surface area contributed by atoms with Crippen LogP contribution in [0, 0.1) is 0 Å². The predicted molar refractivity (Wildman–Crippen MR) is 118 cm³/mol. The highest BCUT2D eigenvalue weighted by molar-refractivity contribution is 7.13. The first-order valence-corrected chi connectivity index (χ1v) is 10.2. The van der Waals surface area contributed by atoms with Gasteiger partial charge in [-0.1, -0.05) is 41.9 Å². The van der Waals surface area contributed by atoms with Gasteiger partial charge in [0.15, 0.2) is 5.13 Å². The SMILES string of the molecule is COc1ccc(Cc2ccc(Nc3nccs3)cc2)cc1-c1cccc(Cl)c1. The van der Waals surface area contributed by atoms with Crippen LogP contribution >= 0.6 is 22.9 Å². The molecule has 3 nitrogen and oxygen atoms in total. The molecule has 0 bridgehead atoms. The van der Waals surface area contributed by atoms with Crippen LogP contribution in [0.15, 0.2) is 78.3 Å². The predicted octanol–water partition coefficient (Wildman–Crippen LogP) is 6.81. The topological polar surface area (TPSA) is 34.1 Å². The van der Waals surface area contributed by atoms with Gasteiger partial charge in [-0.05, 0) is 59.5 Å². The molecule has 0 amide bonds. The maximum atomic E-state index is 6.17. The molecular formula is C23H19ClN2OS. The highest BCUT2D eigenvalue weighted by Crippen LogP contribution is 2.33. The van der Waals surface area contributed by atoms with E-state index in [1.54, 1.807) is 24.6 Å². The fourth-order valence-electron chi connectivity index (χ4n) is 3.10. The van der Waals surface area contributed by atoms with Gasteiger partial charge < -0.3 is 10.1 Å². The molecule has 0 fully saturated rings. The van der Waals surface area contributed by atoms with Crippen molar-refractivity contribution in [3.05, 3.63) is 94.5 Å². The fourth-order valence-corrected chi connectivity index (χ4v) is 3.84. The molecule has 4 rings (SSSR count). The van der Waals surface area contributed by atoms with Crippen molar-refractivity contribution in [1.29, 1.82) is 0 Å². The molecule has 0 unspecified atom stereocenters. The Morgan fingerprint density at radius 1 is 1.00 bits per heavy atom. The first-order valence-electron chi connectivity index (χ1n) is 8.89. The van der Waals surface area contributed by atoms with Crippen LogP contribution in [-0.2, 0) is 6.42 Å². The number of nitrogens with zero attached hydrogens (tertiary/aromatic N) is 1. The van der Waals surface area contributed by atoms with Gasteiger partial charge in [0, 0.05) is 27.9 Å². The Labute approximate surface area is 173 Å². The number of nitrogens with one attached hydrogen (secondary N) is 1. The van der Waals surface area contributed by atoms with Crippen LogP contribution in [0.4, 0.5) is 10.8 Å². The fraction of sp³-hybridized carbons (Fsp3) is 0.0870. The molecule has 0 radical (unpaired) electrons. The van der Waals surface area contributed by atoms with Gasteiger partial charge in [0.05, 0.1) is 7.11 Å². The Bertz CT molecular complexity index is 1060. The monoisotopic (exact) mass is 406 g/mol. The first-order chi connectivity index (χ1) is 13.7. The molecule has 1 heterocycles. The summed E-state index contributed by atoms with van der Waals surface area (Å²) in [6.07, 6.45) is 2.64. The Balaban J connectivity index is 1.55. The zero-order valence-corrected chi connectivity index (χ0v) is 16.9. The molecule has 140 valence electrons. The minimum atomic E-state index is 0.716. The number of anilines is 2. The van der Waals surface area contributed by atoms with Gasteiger partial charge in [0.1, 0.15) is 5.75 Å². The molecule has 3 aromatic carbocycles. The maximum Gasteiger partial charge on any atom is 0.187 e. The Kier molecular flexibility index (Phi) is 5.60. The van der Waals surface area contributed by atoms with Crippen LogP contribution in [0.25, 0.3) is 11.1 Å². The normalized spacial score (nSPS) is 10.6. The number of benzene rings is 3. The van der Waals surface area contributed by atoms with E-state index in [0.29, 0.717) is 5.02 Å². The summed E-state index contributed by atoms with van der Waals surface area (Å²) < 4.78 is 5.55. The summed E-state index contributed by atoms with van der Waals surface area (Å²) in [6, 6.07) is 22.6. The highest BCUT2D eigenvalue weighted by Gasteiger charge is 2.08. The van der Waals surface area contributed by atoms with Crippen molar-refractivity contribution in [3.8, 4) is 16.9 Å². The van der Waals surface area contributed by atoms with Crippen LogP contribution in [0.1, 0.15) is 11.1 Å². The minimum Gasteiger partial charge on any atom is -0.496 e. The third kappa shape index (κ3) is 4.35. The van der Waals surface area contributed by atoms with E-state index < -0.39 is 0 Å². The number of methoxy groups -OCH3 is 1. The van der Waals surface area contributed by atoms with E-state index in [2.05, 4.69) is 46.7 Å². The smallest absolute Gasteiger partial charge is 0.187 e. The lowest BCUT2D eigenvalue weighted by Gasteiger charge is -2.12. The third-order valence-corrected chi connectivity index (χ3v) is 5.37. The second-order valence-corrected chi connectivity index (χ2v) is 7.71. The van der Waals surface area contributed by atoms with Gasteiger partial charge in [-0.25, -0.2) is 4.98 Å². The molecule has 0 saturated carbocycles. The summed E-state index contributed by atoms with van der Waals surface area (Å²) in [6.45, 7) is 0. The summed E-state index contributed by atoms with van der Waals surface area (Å²) >= 11 is 7.76. The molecule has 0 saturated heterocycles. The Morgan fingerprint density at radius 2 is 1.82 bits per heavy atom. The van der Waals surface area contributed by atoms with Gasteiger partial charge >= 0.3 is 0 Å². The number of rotatable bonds is 6. The number of halogens is 1. The van der Waals surface area contributed by atoms with Crippen molar-refractivity contribution in [1.82, 2.24) is 4.98 Å². The van der Waals surface area contributed by atoms with Crippen LogP contribution in [0.3, 0.4) is 0 Å². The average Bonchev–Trinajstić information content (AvgIpc) is 3.22.